The minimum atomic E-state index is 0.0102. The molecule has 1 heterocycles. The fraction of sp³-hybridized carbons (Fsp3) is 0.895. The van der Waals surface area contributed by atoms with Gasteiger partial charge < -0.3 is 5.32 Å². The molecule has 0 aromatic carbocycles. The number of hydrogen-bond acceptors (Lipinski definition) is 4. The zero-order valence-electron chi connectivity index (χ0n) is 16.5. The van der Waals surface area contributed by atoms with E-state index in [1.807, 2.05) is 0 Å². The van der Waals surface area contributed by atoms with Gasteiger partial charge in [0.25, 0.3) is 0 Å². The summed E-state index contributed by atoms with van der Waals surface area (Å²) in [4.78, 5) is 2.71. The minimum absolute atomic E-state index is 0.0102. The summed E-state index contributed by atoms with van der Waals surface area (Å²) in [5.74, 6) is 0.730. The van der Waals surface area contributed by atoms with E-state index in [2.05, 4.69) is 77.3 Å². The molecule has 1 aliphatic heterocycles. The lowest BCUT2D eigenvalue weighted by atomic mass is 9.82. The van der Waals surface area contributed by atoms with Crippen molar-refractivity contribution < 1.29 is 0 Å². The first-order valence-corrected chi connectivity index (χ1v) is 10.9. The van der Waals surface area contributed by atoms with Gasteiger partial charge in [0.1, 0.15) is 0 Å². The van der Waals surface area contributed by atoms with Crippen LogP contribution in [0.2, 0.25) is 0 Å². The molecule has 0 saturated heterocycles. The van der Waals surface area contributed by atoms with Crippen LogP contribution in [0.5, 0.6) is 0 Å². The van der Waals surface area contributed by atoms with E-state index in [9.17, 15) is 0 Å². The van der Waals surface area contributed by atoms with Crippen LogP contribution in [0.4, 0.5) is 0 Å². The van der Waals surface area contributed by atoms with Gasteiger partial charge in [-0.25, -0.2) is 0 Å². The lowest BCUT2D eigenvalue weighted by molar-refractivity contribution is 0.185. The van der Waals surface area contributed by atoms with Gasteiger partial charge in [-0.2, -0.15) is 0 Å². The van der Waals surface area contributed by atoms with Crippen molar-refractivity contribution in [1.82, 2.24) is 10.2 Å². The van der Waals surface area contributed by atoms with Crippen molar-refractivity contribution in [3.05, 3.63) is 11.3 Å². The average molecular weight is 359 g/mol. The molecule has 1 N–H and O–H groups in total. The van der Waals surface area contributed by atoms with Crippen LogP contribution in [-0.2, 0) is 0 Å². The Hall–Kier alpha value is 0.200. The van der Waals surface area contributed by atoms with Crippen molar-refractivity contribution in [3.8, 4) is 0 Å². The van der Waals surface area contributed by atoms with Crippen LogP contribution in [0.3, 0.4) is 0 Å². The third-order valence-corrected chi connectivity index (χ3v) is 6.71. The van der Waals surface area contributed by atoms with Crippen LogP contribution in [0.1, 0.15) is 68.2 Å². The molecule has 0 radical (unpaired) electrons. The maximum atomic E-state index is 4.55. The molecule has 1 atom stereocenters. The zero-order chi connectivity index (χ0) is 17.8. The molecule has 136 valence electrons. The topological polar surface area (TPSA) is 15.3 Å². The summed E-state index contributed by atoms with van der Waals surface area (Å²) >= 11 is 4.55. The summed E-state index contributed by atoms with van der Waals surface area (Å²) in [6.45, 7) is 21.9. The van der Waals surface area contributed by atoms with Crippen LogP contribution in [-0.4, -0.2) is 35.3 Å². The molecule has 0 spiro atoms. The first kappa shape index (κ1) is 21.2. The Morgan fingerprint density at radius 2 is 1.87 bits per heavy atom. The highest BCUT2D eigenvalue weighted by molar-refractivity contribution is 8.69. The minimum Gasteiger partial charge on any atom is -0.386 e. The highest BCUT2D eigenvalue weighted by atomic mass is 33.1. The van der Waals surface area contributed by atoms with E-state index in [-0.39, 0.29) is 10.2 Å². The van der Waals surface area contributed by atoms with E-state index in [1.165, 1.54) is 25.1 Å². The highest BCUT2D eigenvalue weighted by Gasteiger charge is 2.35. The molecule has 0 unspecified atom stereocenters. The maximum absolute atomic E-state index is 4.55. The van der Waals surface area contributed by atoms with Gasteiger partial charge in [-0.15, -0.1) is 11.7 Å². The second-order valence-corrected chi connectivity index (χ2v) is 10.6. The highest BCUT2D eigenvalue weighted by Crippen LogP contribution is 2.41. The Morgan fingerprint density at radius 3 is 2.30 bits per heavy atom. The monoisotopic (exact) mass is 358 g/mol. The summed E-state index contributed by atoms with van der Waals surface area (Å²) in [6.07, 6.45) is 2.47. The quantitative estimate of drug-likeness (QED) is 0.490. The van der Waals surface area contributed by atoms with Crippen molar-refractivity contribution in [1.29, 1.82) is 0 Å². The average Bonchev–Trinajstić information content (AvgIpc) is 2.59. The molecule has 1 aliphatic rings. The van der Waals surface area contributed by atoms with Crippen molar-refractivity contribution in [2.45, 2.75) is 79.0 Å². The SMILES string of the molecule is CCCN1CC(C(C)(C)C)=C(C(C)(C)SS)NC[C@H]1CC(C)C. The van der Waals surface area contributed by atoms with E-state index < -0.39 is 0 Å². The first-order chi connectivity index (χ1) is 10.5. The van der Waals surface area contributed by atoms with Crippen LogP contribution < -0.4 is 5.32 Å². The number of thiol groups is 1. The predicted molar refractivity (Wildman–Crippen MR) is 110 cm³/mol. The fourth-order valence-electron chi connectivity index (χ4n) is 3.43. The Morgan fingerprint density at radius 1 is 1.26 bits per heavy atom. The smallest absolute Gasteiger partial charge is 0.0599 e. The molecule has 0 fully saturated rings. The van der Waals surface area contributed by atoms with E-state index >= 15 is 0 Å². The van der Waals surface area contributed by atoms with Crippen molar-refractivity contribution in [2.24, 2.45) is 11.3 Å². The summed E-state index contributed by atoms with van der Waals surface area (Å²) in [5, 5.41) is 3.84. The lowest BCUT2D eigenvalue weighted by Crippen LogP contribution is -2.42. The van der Waals surface area contributed by atoms with Crippen LogP contribution in [0, 0.1) is 11.3 Å². The van der Waals surface area contributed by atoms with E-state index in [4.69, 9.17) is 0 Å². The second kappa shape index (κ2) is 8.53. The Bertz CT molecular complexity index is 408. The molecule has 23 heavy (non-hydrogen) atoms. The normalized spacial score (nSPS) is 21.6. The Labute approximate surface area is 154 Å². The summed E-state index contributed by atoms with van der Waals surface area (Å²) in [5.41, 5.74) is 3.11. The van der Waals surface area contributed by atoms with E-state index in [1.54, 1.807) is 16.4 Å². The fourth-order valence-corrected chi connectivity index (χ4v) is 3.99. The van der Waals surface area contributed by atoms with Gasteiger partial charge in [0, 0.05) is 24.8 Å². The third-order valence-electron chi connectivity index (χ3n) is 4.68. The number of rotatable bonds is 6. The van der Waals surface area contributed by atoms with E-state index in [0.717, 1.165) is 19.0 Å². The largest absolute Gasteiger partial charge is 0.386 e. The van der Waals surface area contributed by atoms with E-state index in [0.29, 0.717) is 6.04 Å². The third kappa shape index (κ3) is 5.89. The molecular formula is C19H38N2S2. The van der Waals surface area contributed by atoms with Crippen molar-refractivity contribution >= 4 is 22.5 Å². The summed E-state index contributed by atoms with van der Waals surface area (Å²) in [6, 6.07) is 0.616. The number of nitrogens with zero attached hydrogens (tertiary/aromatic N) is 1. The molecule has 0 aromatic rings. The molecule has 4 heteroatoms. The maximum Gasteiger partial charge on any atom is 0.0599 e. The molecule has 0 aliphatic carbocycles. The van der Waals surface area contributed by atoms with Crippen molar-refractivity contribution in [2.75, 3.05) is 19.6 Å². The van der Waals surface area contributed by atoms with Gasteiger partial charge in [-0.05, 0) is 50.1 Å². The van der Waals surface area contributed by atoms with Crippen LogP contribution in [0.15, 0.2) is 11.3 Å². The van der Waals surface area contributed by atoms with Gasteiger partial charge in [-0.1, -0.05) is 52.3 Å². The summed E-state index contributed by atoms with van der Waals surface area (Å²) < 4.78 is 0.0102. The van der Waals surface area contributed by atoms with Crippen LogP contribution in [0.25, 0.3) is 0 Å². The number of hydrogen-bond donors (Lipinski definition) is 2. The lowest BCUT2D eigenvalue weighted by Gasteiger charge is -2.35. The molecular weight excluding hydrogens is 320 g/mol. The van der Waals surface area contributed by atoms with Gasteiger partial charge in [0.2, 0.25) is 0 Å². The molecule has 1 rings (SSSR count). The molecule has 0 aromatic heterocycles. The Kier molecular flexibility index (Phi) is 7.88. The van der Waals surface area contributed by atoms with Gasteiger partial charge in [-0.3, -0.25) is 4.90 Å². The molecule has 0 saturated carbocycles. The zero-order valence-corrected chi connectivity index (χ0v) is 18.2. The Balaban J connectivity index is 3.24. The molecule has 2 nitrogen and oxygen atoms in total. The molecule has 0 bridgehead atoms. The van der Waals surface area contributed by atoms with Gasteiger partial charge in [0.05, 0.1) is 4.75 Å². The number of nitrogens with one attached hydrogen (secondary N) is 1. The van der Waals surface area contributed by atoms with Crippen LogP contribution >= 0.6 is 22.5 Å². The van der Waals surface area contributed by atoms with Gasteiger partial charge in [0.15, 0.2) is 0 Å². The predicted octanol–water partition coefficient (Wildman–Crippen LogP) is 5.37. The van der Waals surface area contributed by atoms with Gasteiger partial charge >= 0.3 is 0 Å². The summed E-state index contributed by atoms with van der Waals surface area (Å²) in [7, 11) is 1.65. The first-order valence-electron chi connectivity index (χ1n) is 9.07. The standard InChI is InChI=1S/C19H38N2S2/c1-9-10-21-13-16(18(4,5)6)17(19(7,8)23-22)20-12-15(21)11-14(2)3/h14-15,20,22H,9-13H2,1-8H3/t15-/m1/s1. The van der Waals surface area contributed by atoms with Crippen molar-refractivity contribution in [3.63, 3.8) is 0 Å². The second-order valence-electron chi connectivity index (χ2n) is 8.84. The molecule has 0 amide bonds.